The van der Waals surface area contributed by atoms with Gasteiger partial charge in [-0.05, 0) is 35.9 Å². The van der Waals surface area contributed by atoms with Gasteiger partial charge in [0.2, 0.25) is 0 Å². The van der Waals surface area contributed by atoms with Crippen molar-refractivity contribution in [3.05, 3.63) is 78.4 Å². The summed E-state index contributed by atoms with van der Waals surface area (Å²) in [6, 6.07) is 17.5. The molecule has 1 aliphatic heterocycles. The first-order valence-corrected chi connectivity index (χ1v) is 8.98. The summed E-state index contributed by atoms with van der Waals surface area (Å²) in [4.78, 5) is 18.7. The molecule has 3 aromatic rings. The molecule has 1 aliphatic rings. The van der Waals surface area contributed by atoms with E-state index in [1.54, 1.807) is 17.4 Å². The zero-order valence-corrected chi connectivity index (χ0v) is 14.9. The summed E-state index contributed by atoms with van der Waals surface area (Å²) in [6.45, 7) is 2.00. The van der Waals surface area contributed by atoms with E-state index in [1.807, 2.05) is 54.6 Å². The zero-order chi connectivity index (χ0) is 18.5. The summed E-state index contributed by atoms with van der Waals surface area (Å²) in [5.74, 6) is 0.746. The van der Waals surface area contributed by atoms with Gasteiger partial charge in [-0.2, -0.15) is 0 Å². The van der Waals surface area contributed by atoms with Crippen LogP contribution in [0.4, 0.5) is 4.79 Å². The van der Waals surface area contributed by atoms with Gasteiger partial charge in [0.25, 0.3) is 0 Å². The molecular formula is C21H21N3O3. The summed E-state index contributed by atoms with van der Waals surface area (Å²) in [5, 5.41) is 2.99. The van der Waals surface area contributed by atoms with E-state index in [4.69, 9.17) is 9.15 Å². The van der Waals surface area contributed by atoms with E-state index < -0.39 is 0 Å². The Bertz CT molecular complexity index is 881. The van der Waals surface area contributed by atoms with Crippen molar-refractivity contribution in [1.29, 1.82) is 0 Å². The highest BCUT2D eigenvalue weighted by Gasteiger charge is 2.26. The van der Waals surface area contributed by atoms with Crippen LogP contribution in [0.25, 0.3) is 11.3 Å². The van der Waals surface area contributed by atoms with Gasteiger partial charge in [0.05, 0.1) is 25.1 Å². The van der Waals surface area contributed by atoms with Gasteiger partial charge in [0.1, 0.15) is 11.9 Å². The molecule has 1 atom stereocenters. The predicted octanol–water partition coefficient (Wildman–Crippen LogP) is 3.62. The third-order valence-corrected chi connectivity index (χ3v) is 4.55. The minimum atomic E-state index is -0.216. The molecule has 6 heteroatoms. The highest BCUT2D eigenvalue weighted by Crippen LogP contribution is 2.22. The quantitative estimate of drug-likeness (QED) is 0.769. The number of morpholine rings is 1. The second kappa shape index (κ2) is 8.05. The fraction of sp³-hybridized carbons (Fsp3) is 0.238. The van der Waals surface area contributed by atoms with Crippen LogP contribution in [-0.2, 0) is 11.3 Å². The van der Waals surface area contributed by atoms with Crippen LogP contribution in [0.3, 0.4) is 0 Å². The van der Waals surface area contributed by atoms with Gasteiger partial charge in [-0.3, -0.25) is 4.98 Å². The van der Waals surface area contributed by atoms with Crippen molar-refractivity contribution in [2.75, 3.05) is 19.7 Å². The maximum absolute atomic E-state index is 12.6. The number of pyridine rings is 1. The van der Waals surface area contributed by atoms with Gasteiger partial charge in [-0.1, -0.05) is 24.3 Å². The number of amides is 2. The average Bonchev–Trinajstić information content (AvgIpc) is 3.28. The van der Waals surface area contributed by atoms with E-state index in [2.05, 4.69) is 10.3 Å². The first kappa shape index (κ1) is 17.3. The van der Waals surface area contributed by atoms with Crippen molar-refractivity contribution in [2.24, 2.45) is 0 Å². The number of ether oxygens (including phenoxy) is 1. The van der Waals surface area contributed by atoms with Crippen molar-refractivity contribution < 1.29 is 13.9 Å². The second-order valence-corrected chi connectivity index (χ2v) is 6.39. The normalized spacial score (nSPS) is 16.9. The summed E-state index contributed by atoms with van der Waals surface area (Å²) < 4.78 is 11.1. The maximum Gasteiger partial charge on any atom is 0.317 e. The highest BCUT2D eigenvalue weighted by atomic mass is 16.5. The first-order valence-electron chi connectivity index (χ1n) is 8.98. The Morgan fingerprint density at radius 2 is 2.15 bits per heavy atom. The Hall–Kier alpha value is -3.12. The fourth-order valence-corrected chi connectivity index (χ4v) is 3.14. The number of nitrogens with one attached hydrogen (secondary N) is 1. The van der Waals surface area contributed by atoms with Gasteiger partial charge in [-0.25, -0.2) is 4.79 Å². The highest BCUT2D eigenvalue weighted by molar-refractivity contribution is 5.74. The molecule has 1 unspecified atom stereocenters. The Morgan fingerprint density at radius 3 is 2.96 bits per heavy atom. The van der Waals surface area contributed by atoms with Crippen LogP contribution in [0.2, 0.25) is 0 Å². The molecule has 0 saturated carbocycles. The number of carbonyl (C=O) groups is 1. The third kappa shape index (κ3) is 4.17. The minimum Gasteiger partial charge on any atom is -0.467 e. The van der Waals surface area contributed by atoms with E-state index in [1.165, 1.54) is 0 Å². The van der Waals surface area contributed by atoms with Gasteiger partial charge < -0.3 is 19.4 Å². The fourth-order valence-electron chi connectivity index (χ4n) is 3.14. The number of furan rings is 1. The lowest BCUT2D eigenvalue weighted by Crippen LogP contribution is -2.46. The standard InChI is InChI=1S/C21H21N3O3/c25-21(24-10-12-27-20(15-24)19-8-4-11-26-19)23-14-16-5-3-6-17(13-16)18-7-1-2-9-22-18/h1-9,11,13,20H,10,12,14-15H2,(H,23,25). The molecule has 4 rings (SSSR count). The molecule has 0 radical (unpaired) electrons. The SMILES string of the molecule is O=C(NCc1cccc(-c2ccccn2)c1)N1CCOC(c2ccco2)C1. The van der Waals surface area contributed by atoms with Crippen LogP contribution in [-0.4, -0.2) is 35.6 Å². The maximum atomic E-state index is 12.6. The summed E-state index contributed by atoms with van der Waals surface area (Å²) in [5.41, 5.74) is 2.98. The van der Waals surface area contributed by atoms with E-state index in [-0.39, 0.29) is 12.1 Å². The number of aromatic nitrogens is 1. The Kier molecular flexibility index (Phi) is 5.16. The molecular weight excluding hydrogens is 342 g/mol. The number of hydrogen-bond acceptors (Lipinski definition) is 4. The average molecular weight is 363 g/mol. The largest absolute Gasteiger partial charge is 0.467 e. The second-order valence-electron chi connectivity index (χ2n) is 6.39. The molecule has 0 spiro atoms. The van der Waals surface area contributed by atoms with Crippen LogP contribution in [0, 0.1) is 0 Å². The molecule has 2 amide bonds. The van der Waals surface area contributed by atoms with Gasteiger partial charge in [0.15, 0.2) is 0 Å². The lowest BCUT2D eigenvalue weighted by atomic mass is 10.1. The predicted molar refractivity (Wildman–Crippen MR) is 101 cm³/mol. The summed E-state index contributed by atoms with van der Waals surface area (Å²) in [6.07, 6.45) is 3.18. The molecule has 2 aromatic heterocycles. The van der Waals surface area contributed by atoms with Crippen molar-refractivity contribution in [1.82, 2.24) is 15.2 Å². The lowest BCUT2D eigenvalue weighted by molar-refractivity contribution is -0.0260. The molecule has 1 N–H and O–H groups in total. The van der Waals surface area contributed by atoms with Crippen molar-refractivity contribution >= 4 is 6.03 Å². The van der Waals surface area contributed by atoms with Crippen LogP contribution >= 0.6 is 0 Å². The zero-order valence-electron chi connectivity index (χ0n) is 14.9. The molecule has 6 nitrogen and oxygen atoms in total. The molecule has 1 aromatic carbocycles. The summed E-state index contributed by atoms with van der Waals surface area (Å²) in [7, 11) is 0. The number of rotatable bonds is 4. The third-order valence-electron chi connectivity index (χ3n) is 4.55. The Balaban J connectivity index is 1.36. The van der Waals surface area contributed by atoms with E-state index in [0.29, 0.717) is 26.2 Å². The van der Waals surface area contributed by atoms with E-state index in [9.17, 15) is 4.79 Å². The Morgan fingerprint density at radius 1 is 1.19 bits per heavy atom. The van der Waals surface area contributed by atoms with Gasteiger partial charge >= 0.3 is 6.03 Å². The van der Waals surface area contributed by atoms with Crippen LogP contribution in [0.15, 0.2) is 71.5 Å². The number of carbonyl (C=O) groups excluding carboxylic acids is 1. The number of nitrogens with zero attached hydrogens (tertiary/aromatic N) is 2. The topological polar surface area (TPSA) is 67.6 Å². The molecule has 138 valence electrons. The number of urea groups is 1. The first-order chi connectivity index (χ1) is 13.3. The minimum absolute atomic E-state index is 0.0990. The Labute approximate surface area is 157 Å². The van der Waals surface area contributed by atoms with Crippen LogP contribution in [0.1, 0.15) is 17.4 Å². The molecule has 3 heterocycles. The van der Waals surface area contributed by atoms with E-state index >= 15 is 0 Å². The van der Waals surface area contributed by atoms with Crippen LogP contribution in [0.5, 0.6) is 0 Å². The lowest BCUT2D eigenvalue weighted by Gasteiger charge is -2.32. The molecule has 1 saturated heterocycles. The smallest absolute Gasteiger partial charge is 0.317 e. The van der Waals surface area contributed by atoms with Crippen molar-refractivity contribution in [3.63, 3.8) is 0 Å². The number of hydrogen-bond donors (Lipinski definition) is 1. The summed E-state index contributed by atoms with van der Waals surface area (Å²) >= 11 is 0. The molecule has 0 aliphatic carbocycles. The number of benzene rings is 1. The van der Waals surface area contributed by atoms with Gasteiger partial charge in [-0.15, -0.1) is 0 Å². The van der Waals surface area contributed by atoms with Crippen molar-refractivity contribution in [2.45, 2.75) is 12.6 Å². The monoisotopic (exact) mass is 363 g/mol. The van der Waals surface area contributed by atoms with Crippen molar-refractivity contribution in [3.8, 4) is 11.3 Å². The van der Waals surface area contributed by atoms with Gasteiger partial charge in [0, 0.05) is 24.8 Å². The molecule has 1 fully saturated rings. The van der Waals surface area contributed by atoms with E-state index in [0.717, 1.165) is 22.6 Å². The van der Waals surface area contributed by atoms with Crippen LogP contribution < -0.4 is 5.32 Å². The molecule has 27 heavy (non-hydrogen) atoms. The molecule has 0 bridgehead atoms.